The highest BCUT2D eigenvalue weighted by atomic mass is 35.5. The molecule has 27 heavy (non-hydrogen) atoms. The molecular formula is C21H24ClN3O2. The van der Waals surface area contributed by atoms with Crippen LogP contribution in [-0.2, 0) is 9.59 Å². The number of likely N-dealkylation sites (tertiary alicyclic amines) is 1. The summed E-state index contributed by atoms with van der Waals surface area (Å²) in [6.45, 7) is 3.26. The monoisotopic (exact) mass is 385 g/mol. The smallest absolute Gasteiger partial charge is 0.241 e. The molecule has 0 saturated carbocycles. The summed E-state index contributed by atoms with van der Waals surface area (Å²) in [6, 6.07) is 16.2. The van der Waals surface area contributed by atoms with Gasteiger partial charge in [0.05, 0.1) is 12.0 Å². The van der Waals surface area contributed by atoms with Gasteiger partial charge >= 0.3 is 0 Å². The maximum absolute atomic E-state index is 12.6. The molecule has 0 aromatic heterocycles. The van der Waals surface area contributed by atoms with Gasteiger partial charge in [-0.25, -0.2) is 0 Å². The van der Waals surface area contributed by atoms with E-state index in [0.29, 0.717) is 17.3 Å². The molecule has 1 saturated heterocycles. The second-order valence-corrected chi connectivity index (χ2v) is 7.30. The van der Waals surface area contributed by atoms with Gasteiger partial charge in [-0.3, -0.25) is 14.5 Å². The number of amides is 2. The number of carbonyl (C=O) groups excluding carboxylic acids is 2. The second kappa shape index (κ2) is 9.02. The van der Waals surface area contributed by atoms with Gasteiger partial charge in [0, 0.05) is 22.9 Å². The minimum Gasteiger partial charge on any atom is -0.326 e. The Labute approximate surface area is 164 Å². The van der Waals surface area contributed by atoms with Crippen LogP contribution in [0.25, 0.3) is 0 Å². The number of carbonyl (C=O) groups is 2. The topological polar surface area (TPSA) is 61.4 Å². The van der Waals surface area contributed by atoms with Crippen molar-refractivity contribution in [2.24, 2.45) is 5.92 Å². The number of rotatable bonds is 5. The molecule has 0 aliphatic carbocycles. The second-order valence-electron chi connectivity index (χ2n) is 6.86. The third-order valence-electron chi connectivity index (χ3n) is 4.90. The predicted molar refractivity (Wildman–Crippen MR) is 109 cm³/mol. The van der Waals surface area contributed by atoms with Crippen LogP contribution in [0.3, 0.4) is 0 Å². The van der Waals surface area contributed by atoms with Gasteiger partial charge in [-0.15, -0.1) is 0 Å². The lowest BCUT2D eigenvalue weighted by atomic mass is 9.95. The fourth-order valence-electron chi connectivity index (χ4n) is 3.28. The van der Waals surface area contributed by atoms with E-state index in [1.54, 1.807) is 24.3 Å². The number of hydrogen-bond acceptors (Lipinski definition) is 3. The molecule has 2 N–H and O–H groups in total. The van der Waals surface area contributed by atoms with Crippen LogP contribution < -0.4 is 10.6 Å². The number of nitrogens with zero attached hydrogens (tertiary/aromatic N) is 1. The summed E-state index contributed by atoms with van der Waals surface area (Å²) >= 11 is 5.88. The molecule has 2 aromatic carbocycles. The largest absolute Gasteiger partial charge is 0.326 e. The fraction of sp³-hybridized carbons (Fsp3) is 0.333. The minimum atomic E-state index is -0.312. The average molecular weight is 386 g/mol. The van der Waals surface area contributed by atoms with Crippen molar-refractivity contribution in [3.63, 3.8) is 0 Å². The molecule has 5 nitrogen and oxygen atoms in total. The Balaban J connectivity index is 1.57. The quantitative estimate of drug-likeness (QED) is 0.817. The molecule has 1 aliphatic rings. The molecule has 2 amide bonds. The van der Waals surface area contributed by atoms with Gasteiger partial charge in [0.15, 0.2) is 0 Å². The standard InChI is InChI=1S/C21H24ClN3O2/c1-15(20(26)23-19-11-9-17(22)10-12-19)25-13-5-6-16(14-25)21(27)24-18-7-3-2-4-8-18/h2-4,7-12,15-16H,5-6,13-14H2,1H3,(H,23,26)(H,24,27). The Morgan fingerprint density at radius 1 is 1.04 bits per heavy atom. The van der Waals surface area contributed by atoms with Crippen LogP contribution in [0, 0.1) is 5.92 Å². The van der Waals surface area contributed by atoms with Gasteiger partial charge in [0.25, 0.3) is 0 Å². The highest BCUT2D eigenvalue weighted by Crippen LogP contribution is 2.21. The molecule has 2 unspecified atom stereocenters. The van der Waals surface area contributed by atoms with Crippen molar-refractivity contribution in [3.8, 4) is 0 Å². The lowest BCUT2D eigenvalue weighted by Gasteiger charge is -2.35. The first-order valence-corrected chi connectivity index (χ1v) is 9.57. The maximum Gasteiger partial charge on any atom is 0.241 e. The number of benzene rings is 2. The van der Waals surface area contributed by atoms with Gasteiger partial charge in [-0.1, -0.05) is 29.8 Å². The number of hydrogen-bond donors (Lipinski definition) is 2. The van der Waals surface area contributed by atoms with Crippen molar-refractivity contribution in [2.45, 2.75) is 25.8 Å². The minimum absolute atomic E-state index is 0.0104. The normalized spacial score (nSPS) is 18.5. The van der Waals surface area contributed by atoms with Gasteiger partial charge in [0.1, 0.15) is 0 Å². The highest BCUT2D eigenvalue weighted by Gasteiger charge is 2.30. The molecule has 0 spiro atoms. The van der Waals surface area contributed by atoms with Gasteiger partial charge in [-0.2, -0.15) is 0 Å². The molecule has 0 bridgehead atoms. The number of halogens is 1. The highest BCUT2D eigenvalue weighted by molar-refractivity contribution is 6.30. The molecule has 2 atom stereocenters. The number of para-hydroxylation sites is 1. The van der Waals surface area contributed by atoms with Crippen LogP contribution in [-0.4, -0.2) is 35.8 Å². The first-order valence-electron chi connectivity index (χ1n) is 9.19. The summed E-state index contributed by atoms with van der Waals surface area (Å²) in [5.41, 5.74) is 1.51. The van der Waals surface area contributed by atoms with E-state index in [0.717, 1.165) is 25.1 Å². The van der Waals surface area contributed by atoms with Gasteiger partial charge < -0.3 is 10.6 Å². The van der Waals surface area contributed by atoms with Crippen molar-refractivity contribution in [1.82, 2.24) is 4.90 Å². The zero-order chi connectivity index (χ0) is 19.2. The van der Waals surface area contributed by atoms with Crippen LogP contribution in [0.2, 0.25) is 5.02 Å². The molecule has 142 valence electrons. The average Bonchev–Trinajstić information content (AvgIpc) is 2.70. The van der Waals surface area contributed by atoms with Gasteiger partial charge in [0.2, 0.25) is 11.8 Å². The fourth-order valence-corrected chi connectivity index (χ4v) is 3.41. The first-order chi connectivity index (χ1) is 13.0. The van der Waals surface area contributed by atoms with E-state index in [1.165, 1.54) is 0 Å². The van der Waals surface area contributed by atoms with Gasteiger partial charge in [-0.05, 0) is 62.7 Å². The molecule has 1 aliphatic heterocycles. The van der Waals surface area contributed by atoms with Crippen LogP contribution in [0.4, 0.5) is 11.4 Å². The van der Waals surface area contributed by atoms with Crippen LogP contribution in [0.1, 0.15) is 19.8 Å². The summed E-state index contributed by atoms with van der Waals surface area (Å²) in [5, 5.41) is 6.51. The molecule has 0 radical (unpaired) electrons. The van der Waals surface area contributed by atoms with E-state index in [1.807, 2.05) is 37.3 Å². The zero-order valence-electron chi connectivity index (χ0n) is 15.3. The SMILES string of the molecule is CC(C(=O)Nc1ccc(Cl)cc1)N1CCCC(C(=O)Nc2ccccc2)C1. The van der Waals surface area contributed by atoms with E-state index < -0.39 is 0 Å². The summed E-state index contributed by atoms with van der Waals surface area (Å²) < 4.78 is 0. The zero-order valence-corrected chi connectivity index (χ0v) is 16.1. The Bertz CT molecular complexity index is 780. The molecule has 1 fully saturated rings. The number of nitrogens with one attached hydrogen (secondary N) is 2. The molecular weight excluding hydrogens is 362 g/mol. The number of piperidine rings is 1. The molecule has 2 aromatic rings. The van der Waals surface area contributed by atoms with E-state index >= 15 is 0 Å². The third-order valence-corrected chi connectivity index (χ3v) is 5.16. The summed E-state index contributed by atoms with van der Waals surface area (Å²) in [6.07, 6.45) is 1.73. The van der Waals surface area contributed by atoms with Crippen LogP contribution in [0.5, 0.6) is 0 Å². The third kappa shape index (κ3) is 5.31. The van der Waals surface area contributed by atoms with Crippen LogP contribution >= 0.6 is 11.6 Å². The summed E-state index contributed by atoms with van der Waals surface area (Å²) in [5.74, 6) is -0.192. The van der Waals surface area contributed by atoms with Crippen molar-refractivity contribution in [1.29, 1.82) is 0 Å². The first kappa shape index (κ1) is 19.4. The molecule has 3 rings (SSSR count). The Kier molecular flexibility index (Phi) is 6.48. The molecule has 6 heteroatoms. The summed E-state index contributed by atoms with van der Waals surface area (Å²) in [4.78, 5) is 27.2. The predicted octanol–water partition coefficient (Wildman–Crippen LogP) is 4.02. The van der Waals surface area contributed by atoms with E-state index in [2.05, 4.69) is 15.5 Å². The lowest BCUT2D eigenvalue weighted by Crippen LogP contribution is -2.49. The van der Waals surface area contributed by atoms with Crippen molar-refractivity contribution in [3.05, 3.63) is 59.6 Å². The van der Waals surface area contributed by atoms with Crippen LogP contribution in [0.15, 0.2) is 54.6 Å². The Morgan fingerprint density at radius 2 is 1.70 bits per heavy atom. The van der Waals surface area contributed by atoms with Crippen molar-refractivity contribution < 1.29 is 9.59 Å². The summed E-state index contributed by atoms with van der Waals surface area (Å²) in [7, 11) is 0. The Morgan fingerprint density at radius 3 is 2.41 bits per heavy atom. The maximum atomic E-state index is 12.6. The van der Waals surface area contributed by atoms with Crippen molar-refractivity contribution >= 4 is 34.8 Å². The lowest BCUT2D eigenvalue weighted by molar-refractivity contribution is -0.125. The Hall–Kier alpha value is -2.37. The van der Waals surface area contributed by atoms with E-state index in [4.69, 9.17) is 11.6 Å². The molecule has 1 heterocycles. The number of anilines is 2. The van der Waals surface area contributed by atoms with E-state index in [9.17, 15) is 9.59 Å². The van der Waals surface area contributed by atoms with Crippen molar-refractivity contribution in [2.75, 3.05) is 23.7 Å². The van der Waals surface area contributed by atoms with E-state index in [-0.39, 0.29) is 23.8 Å².